The third kappa shape index (κ3) is 5.47. The van der Waals surface area contributed by atoms with Gasteiger partial charge in [-0.15, -0.1) is 0 Å². The first-order valence-electron chi connectivity index (χ1n) is 6.16. The van der Waals surface area contributed by atoms with Gasteiger partial charge in [-0.1, -0.05) is 13.8 Å². The van der Waals surface area contributed by atoms with E-state index in [-0.39, 0.29) is 12.0 Å². The lowest BCUT2D eigenvalue weighted by atomic mass is 10.2. The average molecular weight is 230 g/mol. The van der Waals surface area contributed by atoms with Crippen molar-refractivity contribution in [3.05, 3.63) is 0 Å². The standard InChI is InChI=1S/C12H26N2O2/c1-6-10(4)14(5)9-11(13-7-2)12(15)16-8-3/h10-11,13H,6-9H2,1-5H3. The lowest BCUT2D eigenvalue weighted by Gasteiger charge is -2.27. The van der Waals surface area contributed by atoms with E-state index in [0.717, 1.165) is 13.0 Å². The third-order valence-corrected chi connectivity index (χ3v) is 2.84. The van der Waals surface area contributed by atoms with E-state index in [2.05, 4.69) is 24.1 Å². The van der Waals surface area contributed by atoms with E-state index in [4.69, 9.17) is 4.74 Å². The number of rotatable bonds is 8. The Kier molecular flexibility index (Phi) is 8.21. The molecule has 0 saturated carbocycles. The van der Waals surface area contributed by atoms with Crippen LogP contribution in [0.2, 0.25) is 0 Å². The van der Waals surface area contributed by atoms with Crippen molar-refractivity contribution >= 4 is 5.97 Å². The van der Waals surface area contributed by atoms with E-state index in [0.29, 0.717) is 19.2 Å². The molecule has 0 heterocycles. The number of hydrogen-bond acceptors (Lipinski definition) is 4. The first kappa shape index (κ1) is 15.4. The fraction of sp³-hybridized carbons (Fsp3) is 0.917. The van der Waals surface area contributed by atoms with Crippen molar-refractivity contribution in [1.29, 1.82) is 0 Å². The fourth-order valence-corrected chi connectivity index (χ4v) is 1.49. The van der Waals surface area contributed by atoms with Crippen molar-refractivity contribution in [2.24, 2.45) is 0 Å². The molecule has 4 nitrogen and oxygen atoms in total. The van der Waals surface area contributed by atoms with Gasteiger partial charge in [0.05, 0.1) is 6.61 Å². The highest BCUT2D eigenvalue weighted by Gasteiger charge is 2.21. The number of likely N-dealkylation sites (N-methyl/N-ethyl adjacent to an activating group) is 2. The molecule has 1 N–H and O–H groups in total. The SMILES string of the molecule is CCNC(CN(C)C(C)CC)C(=O)OCC. The zero-order valence-corrected chi connectivity index (χ0v) is 11.2. The molecule has 0 amide bonds. The second-order valence-corrected chi connectivity index (χ2v) is 4.06. The predicted molar refractivity (Wildman–Crippen MR) is 66.5 cm³/mol. The number of esters is 1. The lowest BCUT2D eigenvalue weighted by molar-refractivity contribution is -0.146. The molecule has 0 aromatic carbocycles. The Labute approximate surface area is 99.3 Å². The Morgan fingerprint density at radius 2 is 2.00 bits per heavy atom. The summed E-state index contributed by atoms with van der Waals surface area (Å²) in [6, 6.07) is 0.263. The van der Waals surface area contributed by atoms with E-state index in [1.54, 1.807) is 0 Å². The topological polar surface area (TPSA) is 41.6 Å². The van der Waals surface area contributed by atoms with Gasteiger partial charge >= 0.3 is 5.97 Å². The minimum absolute atomic E-state index is 0.153. The van der Waals surface area contributed by atoms with Crippen LogP contribution in [0.4, 0.5) is 0 Å². The van der Waals surface area contributed by atoms with Crippen LogP contribution in [0.15, 0.2) is 0 Å². The quantitative estimate of drug-likeness (QED) is 0.637. The van der Waals surface area contributed by atoms with Gasteiger partial charge in [-0.05, 0) is 33.9 Å². The molecule has 2 unspecified atom stereocenters. The first-order chi connectivity index (χ1) is 7.56. The van der Waals surface area contributed by atoms with E-state index in [1.807, 2.05) is 20.9 Å². The summed E-state index contributed by atoms with van der Waals surface area (Å²) in [4.78, 5) is 13.9. The molecule has 0 bridgehead atoms. The van der Waals surface area contributed by atoms with Crippen LogP contribution in [-0.4, -0.2) is 49.7 Å². The van der Waals surface area contributed by atoms with Crippen molar-refractivity contribution in [3.63, 3.8) is 0 Å². The molecule has 0 aromatic rings. The maximum absolute atomic E-state index is 11.7. The molecule has 16 heavy (non-hydrogen) atoms. The van der Waals surface area contributed by atoms with E-state index < -0.39 is 0 Å². The molecule has 0 aliphatic rings. The molecule has 0 aromatic heterocycles. The molecule has 0 aliphatic heterocycles. The summed E-state index contributed by atoms with van der Waals surface area (Å²) >= 11 is 0. The molecule has 0 saturated heterocycles. The van der Waals surface area contributed by atoms with Gasteiger partial charge in [-0.3, -0.25) is 4.79 Å². The first-order valence-corrected chi connectivity index (χ1v) is 6.16. The number of hydrogen-bond donors (Lipinski definition) is 1. The number of nitrogens with one attached hydrogen (secondary N) is 1. The van der Waals surface area contributed by atoms with Gasteiger partial charge in [-0.2, -0.15) is 0 Å². The van der Waals surface area contributed by atoms with Crippen LogP contribution >= 0.6 is 0 Å². The Bertz CT molecular complexity index is 197. The summed E-state index contributed by atoms with van der Waals surface area (Å²) in [5.41, 5.74) is 0. The van der Waals surface area contributed by atoms with Gasteiger partial charge in [0.15, 0.2) is 0 Å². The Hall–Kier alpha value is -0.610. The smallest absolute Gasteiger partial charge is 0.324 e. The molecular weight excluding hydrogens is 204 g/mol. The Balaban J connectivity index is 4.26. The van der Waals surface area contributed by atoms with Crippen molar-refractivity contribution in [3.8, 4) is 0 Å². The lowest BCUT2D eigenvalue weighted by Crippen LogP contribution is -2.47. The molecule has 0 aliphatic carbocycles. The molecule has 0 fully saturated rings. The number of carbonyl (C=O) groups is 1. The maximum Gasteiger partial charge on any atom is 0.324 e. The van der Waals surface area contributed by atoms with E-state index >= 15 is 0 Å². The summed E-state index contributed by atoms with van der Waals surface area (Å²) in [6.45, 7) is 10.0. The summed E-state index contributed by atoms with van der Waals surface area (Å²) in [6.07, 6.45) is 1.08. The maximum atomic E-state index is 11.7. The van der Waals surface area contributed by atoms with Gasteiger partial charge in [-0.25, -0.2) is 0 Å². The monoisotopic (exact) mass is 230 g/mol. The second kappa shape index (κ2) is 8.53. The van der Waals surface area contributed by atoms with E-state index in [1.165, 1.54) is 0 Å². The van der Waals surface area contributed by atoms with Gasteiger partial charge in [0.25, 0.3) is 0 Å². The number of carbonyl (C=O) groups excluding carboxylic acids is 1. The molecule has 0 radical (unpaired) electrons. The van der Waals surface area contributed by atoms with Crippen LogP contribution in [0.5, 0.6) is 0 Å². The van der Waals surface area contributed by atoms with Crippen LogP contribution < -0.4 is 5.32 Å². The van der Waals surface area contributed by atoms with Crippen LogP contribution in [0, 0.1) is 0 Å². The Morgan fingerprint density at radius 1 is 1.38 bits per heavy atom. The Morgan fingerprint density at radius 3 is 2.44 bits per heavy atom. The zero-order chi connectivity index (χ0) is 12.6. The molecule has 2 atom stereocenters. The van der Waals surface area contributed by atoms with Crippen LogP contribution in [-0.2, 0) is 9.53 Å². The number of nitrogens with zero attached hydrogens (tertiary/aromatic N) is 1. The van der Waals surface area contributed by atoms with Gasteiger partial charge in [0.1, 0.15) is 6.04 Å². The normalized spacial score (nSPS) is 14.9. The second-order valence-electron chi connectivity index (χ2n) is 4.06. The van der Waals surface area contributed by atoms with Crippen molar-refractivity contribution < 1.29 is 9.53 Å². The van der Waals surface area contributed by atoms with Crippen molar-refractivity contribution in [1.82, 2.24) is 10.2 Å². The third-order valence-electron chi connectivity index (χ3n) is 2.84. The van der Waals surface area contributed by atoms with Gasteiger partial charge in [0, 0.05) is 12.6 Å². The van der Waals surface area contributed by atoms with Gasteiger partial charge in [0.2, 0.25) is 0 Å². The van der Waals surface area contributed by atoms with Crippen LogP contribution in [0.1, 0.15) is 34.1 Å². The minimum atomic E-state index is -0.219. The average Bonchev–Trinajstić information content (AvgIpc) is 2.27. The summed E-state index contributed by atoms with van der Waals surface area (Å²) in [5, 5.41) is 3.16. The molecule has 0 rings (SSSR count). The van der Waals surface area contributed by atoms with Crippen molar-refractivity contribution in [2.75, 3.05) is 26.7 Å². The van der Waals surface area contributed by atoms with Crippen molar-refractivity contribution in [2.45, 2.75) is 46.2 Å². The van der Waals surface area contributed by atoms with Gasteiger partial charge < -0.3 is 15.0 Å². The van der Waals surface area contributed by atoms with Crippen LogP contribution in [0.3, 0.4) is 0 Å². The zero-order valence-electron chi connectivity index (χ0n) is 11.2. The fourth-order valence-electron chi connectivity index (χ4n) is 1.49. The highest BCUT2D eigenvalue weighted by Crippen LogP contribution is 2.02. The molecule has 0 spiro atoms. The summed E-state index contributed by atoms with van der Waals surface area (Å²) in [7, 11) is 2.04. The largest absolute Gasteiger partial charge is 0.465 e. The summed E-state index contributed by atoms with van der Waals surface area (Å²) < 4.78 is 5.04. The molecule has 96 valence electrons. The molecular formula is C12H26N2O2. The minimum Gasteiger partial charge on any atom is -0.465 e. The summed E-state index contributed by atoms with van der Waals surface area (Å²) in [5.74, 6) is -0.153. The highest BCUT2D eigenvalue weighted by atomic mass is 16.5. The number of ether oxygens (including phenoxy) is 1. The highest BCUT2D eigenvalue weighted by molar-refractivity contribution is 5.76. The van der Waals surface area contributed by atoms with E-state index in [9.17, 15) is 4.79 Å². The predicted octanol–water partition coefficient (Wildman–Crippen LogP) is 1.26. The molecule has 4 heteroatoms. The van der Waals surface area contributed by atoms with Crippen LogP contribution in [0.25, 0.3) is 0 Å².